The molecular formula is C22H24N2O4. The smallest absolute Gasteiger partial charge is 0.307 e. The lowest BCUT2D eigenvalue weighted by atomic mass is 9.78. The van der Waals surface area contributed by atoms with Gasteiger partial charge < -0.3 is 15.7 Å². The Morgan fingerprint density at radius 3 is 2.25 bits per heavy atom. The van der Waals surface area contributed by atoms with E-state index in [-0.39, 0.29) is 11.8 Å². The molecule has 1 aliphatic carbocycles. The highest BCUT2D eigenvalue weighted by Crippen LogP contribution is 2.31. The summed E-state index contributed by atoms with van der Waals surface area (Å²) in [6.45, 7) is 0.381. The van der Waals surface area contributed by atoms with Crippen molar-refractivity contribution in [3.8, 4) is 0 Å². The largest absolute Gasteiger partial charge is 0.481 e. The number of para-hydroxylation sites is 1. The van der Waals surface area contributed by atoms with E-state index in [9.17, 15) is 19.5 Å². The molecule has 3 N–H and O–H groups in total. The number of rotatable bonds is 6. The van der Waals surface area contributed by atoms with Crippen LogP contribution in [0.5, 0.6) is 0 Å². The van der Waals surface area contributed by atoms with Crippen molar-refractivity contribution in [2.24, 2.45) is 11.8 Å². The average Bonchev–Trinajstić information content (AvgIpc) is 2.73. The second-order valence-electron chi connectivity index (χ2n) is 7.04. The maximum absolute atomic E-state index is 12.7. The van der Waals surface area contributed by atoms with E-state index in [2.05, 4.69) is 10.6 Å². The lowest BCUT2D eigenvalue weighted by molar-refractivity contribution is -0.147. The van der Waals surface area contributed by atoms with Gasteiger partial charge in [-0.2, -0.15) is 0 Å². The molecule has 1 aliphatic rings. The molecule has 28 heavy (non-hydrogen) atoms. The summed E-state index contributed by atoms with van der Waals surface area (Å²) < 4.78 is 0. The molecule has 2 atom stereocenters. The number of carboxylic acid groups (broad SMARTS) is 1. The fourth-order valence-corrected chi connectivity index (χ4v) is 3.63. The molecule has 3 rings (SSSR count). The molecule has 0 bridgehead atoms. The molecular weight excluding hydrogens is 356 g/mol. The van der Waals surface area contributed by atoms with E-state index in [0.717, 1.165) is 18.4 Å². The first-order valence-electron chi connectivity index (χ1n) is 9.51. The monoisotopic (exact) mass is 380 g/mol. The predicted molar refractivity (Wildman–Crippen MR) is 106 cm³/mol. The summed E-state index contributed by atoms with van der Waals surface area (Å²) in [6, 6.07) is 16.3. The summed E-state index contributed by atoms with van der Waals surface area (Å²) in [5.41, 5.74) is 1.73. The Labute approximate surface area is 164 Å². The Hall–Kier alpha value is -3.15. The van der Waals surface area contributed by atoms with Crippen LogP contribution >= 0.6 is 0 Å². The van der Waals surface area contributed by atoms with E-state index in [4.69, 9.17) is 0 Å². The maximum Gasteiger partial charge on any atom is 0.307 e. The van der Waals surface area contributed by atoms with Gasteiger partial charge in [-0.15, -0.1) is 0 Å². The third-order valence-corrected chi connectivity index (χ3v) is 5.15. The van der Waals surface area contributed by atoms with E-state index in [1.165, 1.54) is 0 Å². The third kappa shape index (κ3) is 4.76. The second-order valence-corrected chi connectivity index (χ2v) is 7.04. The molecule has 6 heteroatoms. The Morgan fingerprint density at radius 1 is 0.893 bits per heavy atom. The highest BCUT2D eigenvalue weighted by molar-refractivity contribution is 6.04. The van der Waals surface area contributed by atoms with Crippen molar-refractivity contribution in [2.75, 3.05) is 5.32 Å². The van der Waals surface area contributed by atoms with Crippen LogP contribution in [0.25, 0.3) is 0 Å². The van der Waals surface area contributed by atoms with Crippen LogP contribution < -0.4 is 10.6 Å². The molecule has 2 aromatic rings. The van der Waals surface area contributed by atoms with Gasteiger partial charge in [-0.25, -0.2) is 0 Å². The minimum Gasteiger partial charge on any atom is -0.481 e. The number of hydrogen-bond donors (Lipinski definition) is 3. The number of anilines is 1. The van der Waals surface area contributed by atoms with Crippen molar-refractivity contribution in [1.29, 1.82) is 0 Å². The molecule has 2 amide bonds. The van der Waals surface area contributed by atoms with Crippen molar-refractivity contribution in [1.82, 2.24) is 5.32 Å². The lowest BCUT2D eigenvalue weighted by Gasteiger charge is -2.27. The molecule has 2 aromatic carbocycles. The Morgan fingerprint density at radius 2 is 1.54 bits per heavy atom. The van der Waals surface area contributed by atoms with E-state index in [1.54, 1.807) is 24.3 Å². The Balaban J connectivity index is 1.70. The van der Waals surface area contributed by atoms with Crippen LogP contribution in [0.4, 0.5) is 5.69 Å². The summed E-state index contributed by atoms with van der Waals surface area (Å²) >= 11 is 0. The molecule has 0 saturated heterocycles. The van der Waals surface area contributed by atoms with Crippen molar-refractivity contribution in [3.63, 3.8) is 0 Å². The van der Waals surface area contributed by atoms with Gasteiger partial charge in [-0.05, 0) is 30.5 Å². The molecule has 146 valence electrons. The van der Waals surface area contributed by atoms with E-state index >= 15 is 0 Å². The fraction of sp³-hybridized carbons (Fsp3) is 0.318. The lowest BCUT2D eigenvalue weighted by Crippen LogP contribution is -2.36. The van der Waals surface area contributed by atoms with Crippen LogP contribution in [0.1, 0.15) is 41.6 Å². The van der Waals surface area contributed by atoms with Crippen LogP contribution in [-0.2, 0) is 16.1 Å². The van der Waals surface area contributed by atoms with Crippen LogP contribution in [0, 0.1) is 11.8 Å². The van der Waals surface area contributed by atoms with Crippen molar-refractivity contribution < 1.29 is 19.5 Å². The quantitative estimate of drug-likeness (QED) is 0.715. The van der Waals surface area contributed by atoms with Gasteiger partial charge in [-0.1, -0.05) is 55.3 Å². The molecule has 6 nitrogen and oxygen atoms in total. The number of benzene rings is 2. The maximum atomic E-state index is 12.7. The molecule has 1 saturated carbocycles. The number of carbonyl (C=O) groups is 3. The average molecular weight is 380 g/mol. The number of carboxylic acids is 1. The van der Waals surface area contributed by atoms with Crippen molar-refractivity contribution >= 4 is 23.5 Å². The Bertz CT molecular complexity index is 851. The molecule has 0 aliphatic heterocycles. The fourth-order valence-electron chi connectivity index (χ4n) is 3.63. The van der Waals surface area contributed by atoms with Crippen molar-refractivity contribution in [2.45, 2.75) is 32.2 Å². The van der Waals surface area contributed by atoms with Gasteiger partial charge >= 0.3 is 5.97 Å². The predicted octanol–water partition coefficient (Wildman–Crippen LogP) is 3.45. The zero-order chi connectivity index (χ0) is 19.9. The van der Waals surface area contributed by atoms with Crippen molar-refractivity contribution in [3.05, 3.63) is 65.7 Å². The number of nitrogens with one attached hydrogen (secondary N) is 2. The minimum atomic E-state index is -0.936. The number of hydrogen-bond acceptors (Lipinski definition) is 3. The normalized spacial score (nSPS) is 18.9. The molecule has 0 unspecified atom stereocenters. The van der Waals surface area contributed by atoms with Gasteiger partial charge in [0.1, 0.15) is 0 Å². The summed E-state index contributed by atoms with van der Waals surface area (Å²) in [5.74, 6) is -2.82. The molecule has 0 aromatic heterocycles. The van der Waals surface area contributed by atoms with Crippen LogP contribution in [0.3, 0.4) is 0 Å². The van der Waals surface area contributed by atoms with Gasteiger partial charge in [0.25, 0.3) is 5.91 Å². The molecule has 0 heterocycles. The molecule has 0 radical (unpaired) electrons. The molecule has 0 spiro atoms. The summed E-state index contributed by atoms with van der Waals surface area (Å²) in [4.78, 5) is 36.8. The van der Waals surface area contributed by atoms with Crippen LogP contribution in [0.2, 0.25) is 0 Å². The van der Waals surface area contributed by atoms with Gasteiger partial charge in [0, 0.05) is 6.54 Å². The van der Waals surface area contributed by atoms with Crippen LogP contribution in [-0.4, -0.2) is 22.9 Å². The number of carbonyl (C=O) groups excluding carboxylic acids is 2. The SMILES string of the molecule is O=C(NCc1ccccc1)c1ccccc1NC(=O)[C@H]1CCCC[C@@H]1C(=O)O. The summed E-state index contributed by atoms with van der Waals surface area (Å²) in [6.07, 6.45) is 2.71. The topological polar surface area (TPSA) is 95.5 Å². The standard InChI is InChI=1S/C22H24N2O4/c25-20(23-14-15-8-2-1-3-9-15)18-12-6-7-13-19(18)24-21(26)16-10-4-5-11-17(16)22(27)28/h1-3,6-9,12-13,16-17H,4-5,10-11,14H2,(H,23,25)(H,24,26)(H,27,28)/t16-,17-/m0/s1. The first kappa shape index (κ1) is 19.6. The first-order valence-corrected chi connectivity index (χ1v) is 9.51. The number of amides is 2. The van der Waals surface area contributed by atoms with Gasteiger partial charge in [-0.3, -0.25) is 14.4 Å². The zero-order valence-electron chi connectivity index (χ0n) is 15.6. The first-order chi connectivity index (χ1) is 13.6. The van der Waals surface area contributed by atoms with E-state index in [1.807, 2.05) is 30.3 Å². The van der Waals surface area contributed by atoms with E-state index < -0.39 is 17.8 Å². The minimum absolute atomic E-state index is 0.293. The molecule has 1 fully saturated rings. The highest BCUT2D eigenvalue weighted by Gasteiger charge is 2.36. The summed E-state index contributed by atoms with van der Waals surface area (Å²) in [7, 11) is 0. The van der Waals surface area contributed by atoms with E-state index in [0.29, 0.717) is 30.6 Å². The van der Waals surface area contributed by atoms with Gasteiger partial charge in [0.05, 0.1) is 23.1 Å². The highest BCUT2D eigenvalue weighted by atomic mass is 16.4. The van der Waals surface area contributed by atoms with Crippen LogP contribution in [0.15, 0.2) is 54.6 Å². The Kier molecular flexibility index (Phi) is 6.42. The van der Waals surface area contributed by atoms with Gasteiger partial charge in [0.2, 0.25) is 5.91 Å². The van der Waals surface area contributed by atoms with Gasteiger partial charge in [0.15, 0.2) is 0 Å². The zero-order valence-corrected chi connectivity index (χ0v) is 15.6. The third-order valence-electron chi connectivity index (χ3n) is 5.15. The number of aliphatic carboxylic acids is 1. The second kappa shape index (κ2) is 9.17. The summed E-state index contributed by atoms with van der Waals surface area (Å²) in [5, 5.41) is 15.0.